The minimum absolute atomic E-state index is 0.0104. The zero-order valence-corrected chi connectivity index (χ0v) is 26.8. The highest BCUT2D eigenvalue weighted by molar-refractivity contribution is 6.03. The molecule has 0 unspecified atom stereocenters. The van der Waals surface area contributed by atoms with Crippen LogP contribution in [0.15, 0.2) is 36.5 Å². The SMILES string of the molecule is Cc1cc(NC(=O)c2ncc(-c3ccc(OCC#N)c(F)c3F)n2C)ccc1C(=O)N1CCN(C(=O)[C@@H]2CCNC2)CC1.O=C(O)C(F)(F)F. The van der Waals surface area contributed by atoms with Gasteiger partial charge in [0.2, 0.25) is 11.7 Å². The maximum absolute atomic E-state index is 14.8. The molecule has 3 N–H and O–H groups in total. The Balaban J connectivity index is 0.000000727. The zero-order valence-electron chi connectivity index (χ0n) is 26.8. The van der Waals surface area contributed by atoms with Crippen LogP contribution in [0, 0.1) is 35.8 Å². The Morgan fingerprint density at radius 3 is 2.32 bits per heavy atom. The molecule has 1 aromatic heterocycles. The number of hydrogen-bond donors (Lipinski definition) is 3. The lowest BCUT2D eigenvalue weighted by Gasteiger charge is -2.36. The second-order valence-electron chi connectivity index (χ2n) is 11.3. The standard InChI is InChI=1S/C30H31F2N7O4.C2HF3O2/c1-18-15-20(3-4-21(18)30(42)39-12-10-38(11-13-39)29(41)19-7-9-34-16-19)36-28(40)27-35-17-23(37(27)2)22-5-6-24(43-14-8-33)26(32)25(22)31;3-2(4,5)1(6)7/h3-6,15,17,19,34H,7,9-14,16H2,1-2H3,(H,36,40);(H,6,7)/t19-;/m1./s1. The van der Waals surface area contributed by atoms with Crippen molar-refractivity contribution in [1.82, 2.24) is 24.7 Å². The second-order valence-corrected chi connectivity index (χ2v) is 11.3. The van der Waals surface area contributed by atoms with Gasteiger partial charge in [-0.2, -0.15) is 22.8 Å². The van der Waals surface area contributed by atoms with Crippen molar-refractivity contribution in [3.8, 4) is 23.1 Å². The summed E-state index contributed by atoms with van der Waals surface area (Å²) in [5.41, 5.74) is 1.62. The number of benzene rings is 2. The molecule has 13 nitrogen and oxygen atoms in total. The minimum Gasteiger partial charge on any atom is -0.476 e. The normalized spacial score (nSPS) is 15.8. The molecule has 3 heterocycles. The first kappa shape index (κ1) is 37.3. The molecule has 2 saturated heterocycles. The van der Waals surface area contributed by atoms with Gasteiger partial charge in [0.25, 0.3) is 11.8 Å². The third kappa shape index (κ3) is 8.52. The number of amides is 3. The number of imidazole rings is 1. The van der Waals surface area contributed by atoms with Gasteiger partial charge in [0.05, 0.1) is 17.8 Å². The molecule has 3 aromatic rings. The highest BCUT2D eigenvalue weighted by atomic mass is 19.4. The Labute approximate surface area is 282 Å². The molecule has 266 valence electrons. The summed E-state index contributed by atoms with van der Waals surface area (Å²) in [7, 11) is 1.50. The fraction of sp³-hybridized carbons (Fsp3) is 0.375. The average Bonchev–Trinajstić information content (AvgIpc) is 3.75. The Morgan fingerprint density at radius 2 is 1.74 bits per heavy atom. The van der Waals surface area contributed by atoms with E-state index in [0.29, 0.717) is 49.5 Å². The van der Waals surface area contributed by atoms with Crippen LogP contribution in [0.25, 0.3) is 11.3 Å². The molecule has 0 saturated carbocycles. The van der Waals surface area contributed by atoms with Gasteiger partial charge in [-0.1, -0.05) is 0 Å². The third-order valence-electron chi connectivity index (χ3n) is 8.05. The maximum atomic E-state index is 14.8. The summed E-state index contributed by atoms with van der Waals surface area (Å²) < 4.78 is 67.2. The van der Waals surface area contributed by atoms with Crippen molar-refractivity contribution in [1.29, 1.82) is 5.26 Å². The number of aromatic nitrogens is 2. The van der Waals surface area contributed by atoms with Gasteiger partial charge in [-0.25, -0.2) is 14.2 Å². The molecule has 2 fully saturated rings. The molecule has 50 heavy (non-hydrogen) atoms. The Hall–Kier alpha value is -5.57. The van der Waals surface area contributed by atoms with E-state index in [1.807, 2.05) is 4.90 Å². The number of aryl methyl sites for hydroxylation is 1. The summed E-state index contributed by atoms with van der Waals surface area (Å²) in [6.07, 6.45) is -2.98. The van der Waals surface area contributed by atoms with Crippen LogP contribution in [0.5, 0.6) is 5.75 Å². The number of carbonyl (C=O) groups is 4. The van der Waals surface area contributed by atoms with Gasteiger partial charge < -0.3 is 34.8 Å². The van der Waals surface area contributed by atoms with Gasteiger partial charge >= 0.3 is 12.1 Å². The zero-order chi connectivity index (χ0) is 36.7. The maximum Gasteiger partial charge on any atom is 0.490 e. The van der Waals surface area contributed by atoms with E-state index in [2.05, 4.69) is 15.6 Å². The van der Waals surface area contributed by atoms with Crippen molar-refractivity contribution in [2.24, 2.45) is 13.0 Å². The molecule has 0 spiro atoms. The summed E-state index contributed by atoms with van der Waals surface area (Å²) in [6, 6.07) is 9.12. The fourth-order valence-corrected chi connectivity index (χ4v) is 5.41. The molecule has 18 heteroatoms. The van der Waals surface area contributed by atoms with Crippen molar-refractivity contribution in [2.45, 2.75) is 19.5 Å². The number of carbonyl (C=O) groups excluding carboxylic acids is 3. The number of nitrogens with one attached hydrogen (secondary N) is 2. The molecule has 5 rings (SSSR count). The number of halogens is 5. The van der Waals surface area contributed by atoms with Crippen LogP contribution in [0.2, 0.25) is 0 Å². The molecular weight excluding hydrogens is 673 g/mol. The summed E-state index contributed by atoms with van der Waals surface area (Å²) in [5.74, 6) is -6.21. The highest BCUT2D eigenvalue weighted by Gasteiger charge is 2.38. The highest BCUT2D eigenvalue weighted by Crippen LogP contribution is 2.30. The van der Waals surface area contributed by atoms with Gasteiger partial charge in [0.15, 0.2) is 24.0 Å². The van der Waals surface area contributed by atoms with Crippen molar-refractivity contribution >= 4 is 29.4 Å². The van der Waals surface area contributed by atoms with Gasteiger partial charge in [-0.15, -0.1) is 0 Å². The predicted molar refractivity (Wildman–Crippen MR) is 166 cm³/mol. The smallest absolute Gasteiger partial charge is 0.476 e. The number of alkyl halides is 3. The van der Waals surface area contributed by atoms with E-state index >= 15 is 0 Å². The number of piperazine rings is 1. The van der Waals surface area contributed by atoms with E-state index < -0.39 is 42.0 Å². The number of rotatable bonds is 7. The van der Waals surface area contributed by atoms with Crippen LogP contribution in [0.3, 0.4) is 0 Å². The first-order valence-corrected chi connectivity index (χ1v) is 15.1. The quantitative estimate of drug-likeness (QED) is 0.312. The Morgan fingerprint density at radius 1 is 1.08 bits per heavy atom. The average molecular weight is 706 g/mol. The largest absolute Gasteiger partial charge is 0.490 e. The van der Waals surface area contributed by atoms with Crippen molar-refractivity contribution in [2.75, 3.05) is 51.2 Å². The summed E-state index contributed by atoms with van der Waals surface area (Å²) in [6.45, 7) is 4.78. The monoisotopic (exact) mass is 705 g/mol. The molecule has 0 bridgehead atoms. The minimum atomic E-state index is -5.08. The number of hydrogen-bond acceptors (Lipinski definition) is 8. The van der Waals surface area contributed by atoms with Crippen LogP contribution in [0.4, 0.5) is 27.6 Å². The molecule has 2 aromatic carbocycles. The molecule has 0 aliphatic carbocycles. The number of carboxylic acids is 1. The number of nitriles is 1. The lowest BCUT2D eigenvalue weighted by molar-refractivity contribution is -0.192. The van der Waals surface area contributed by atoms with E-state index in [0.717, 1.165) is 13.0 Å². The molecule has 2 aliphatic heterocycles. The summed E-state index contributed by atoms with van der Waals surface area (Å²) in [4.78, 5) is 55.5. The molecule has 0 radical (unpaired) electrons. The van der Waals surface area contributed by atoms with Gasteiger partial charge in [0.1, 0.15) is 6.07 Å². The van der Waals surface area contributed by atoms with Crippen LogP contribution in [-0.2, 0) is 16.6 Å². The van der Waals surface area contributed by atoms with E-state index in [9.17, 15) is 36.3 Å². The van der Waals surface area contributed by atoms with Crippen LogP contribution < -0.4 is 15.4 Å². The predicted octanol–water partition coefficient (Wildman–Crippen LogP) is 3.36. The topological polar surface area (TPSA) is 170 Å². The van der Waals surface area contributed by atoms with Gasteiger partial charge in [0, 0.05) is 56.6 Å². The lowest BCUT2D eigenvalue weighted by Crippen LogP contribution is -2.52. The van der Waals surface area contributed by atoms with Crippen molar-refractivity contribution in [3.63, 3.8) is 0 Å². The third-order valence-corrected chi connectivity index (χ3v) is 8.05. The number of anilines is 1. The summed E-state index contributed by atoms with van der Waals surface area (Å²) in [5, 5.41) is 21.7. The number of carboxylic acid groups (broad SMARTS) is 1. The Kier molecular flexibility index (Phi) is 11.7. The lowest BCUT2D eigenvalue weighted by atomic mass is 10.0. The molecular formula is C32H32F5N7O6. The number of nitrogens with zero attached hydrogens (tertiary/aromatic N) is 5. The molecule has 2 aliphatic rings. The fourth-order valence-electron chi connectivity index (χ4n) is 5.41. The van der Waals surface area contributed by atoms with Crippen LogP contribution in [-0.4, -0.2) is 100 Å². The van der Waals surface area contributed by atoms with Gasteiger partial charge in [-0.05, 0) is 55.8 Å². The Bertz CT molecular complexity index is 1810. The first-order chi connectivity index (χ1) is 23.6. The van der Waals surface area contributed by atoms with Crippen molar-refractivity contribution < 1.29 is 51.0 Å². The van der Waals surface area contributed by atoms with Crippen molar-refractivity contribution in [3.05, 3.63) is 65.1 Å². The van der Waals surface area contributed by atoms with Crippen LogP contribution in [0.1, 0.15) is 33.0 Å². The first-order valence-electron chi connectivity index (χ1n) is 15.1. The molecule has 3 amide bonds. The van der Waals surface area contributed by atoms with Gasteiger partial charge in [-0.3, -0.25) is 14.4 Å². The second kappa shape index (κ2) is 15.8. The van der Waals surface area contributed by atoms with E-state index in [4.69, 9.17) is 19.9 Å². The number of aliphatic carboxylic acids is 1. The van der Waals surface area contributed by atoms with E-state index in [-0.39, 0.29) is 34.8 Å². The number of ether oxygens (including phenoxy) is 1. The molecule has 1 atom stereocenters. The van der Waals surface area contributed by atoms with E-state index in [1.165, 1.54) is 29.9 Å². The summed E-state index contributed by atoms with van der Waals surface area (Å²) >= 11 is 0. The van der Waals surface area contributed by atoms with Crippen LogP contribution >= 0.6 is 0 Å². The van der Waals surface area contributed by atoms with E-state index in [1.54, 1.807) is 36.1 Å².